The van der Waals surface area contributed by atoms with Crippen LogP contribution in [-0.4, -0.2) is 18.2 Å². The van der Waals surface area contributed by atoms with E-state index in [2.05, 4.69) is 11.9 Å². The van der Waals surface area contributed by atoms with Crippen molar-refractivity contribution in [3.8, 4) is 11.3 Å². The number of rotatable bonds is 6. The third-order valence-corrected chi connectivity index (χ3v) is 4.46. The van der Waals surface area contributed by atoms with Gasteiger partial charge in [0.2, 0.25) is 0 Å². The Labute approximate surface area is 147 Å². The lowest BCUT2D eigenvalue weighted by atomic mass is 10.0. The second-order valence-electron chi connectivity index (χ2n) is 6.47. The SMILES string of the molecule is CCCCCC1COC(c2ccc(-c3ccc(F)c(F)c3)nc2)OC1. The number of aromatic nitrogens is 1. The van der Waals surface area contributed by atoms with E-state index in [1.807, 2.05) is 6.07 Å². The molecule has 2 heterocycles. The van der Waals surface area contributed by atoms with Crippen LogP contribution in [0.2, 0.25) is 0 Å². The molecule has 0 atom stereocenters. The fourth-order valence-corrected chi connectivity index (χ4v) is 2.96. The number of hydrogen-bond acceptors (Lipinski definition) is 3. The van der Waals surface area contributed by atoms with Gasteiger partial charge in [0.05, 0.1) is 18.9 Å². The van der Waals surface area contributed by atoms with Crippen molar-refractivity contribution >= 4 is 0 Å². The van der Waals surface area contributed by atoms with E-state index in [9.17, 15) is 8.78 Å². The normalized spacial score (nSPS) is 20.6. The highest BCUT2D eigenvalue weighted by Gasteiger charge is 2.23. The Kier molecular flexibility index (Phi) is 6.10. The van der Waals surface area contributed by atoms with Crippen LogP contribution in [-0.2, 0) is 9.47 Å². The number of nitrogens with zero attached hydrogens (tertiary/aromatic N) is 1. The molecule has 0 bridgehead atoms. The minimum absolute atomic E-state index is 0.408. The molecule has 0 unspecified atom stereocenters. The number of benzene rings is 1. The molecule has 0 spiro atoms. The summed E-state index contributed by atoms with van der Waals surface area (Å²) in [6.07, 6.45) is 6.06. The van der Waals surface area contributed by atoms with Gasteiger partial charge < -0.3 is 9.47 Å². The zero-order valence-corrected chi connectivity index (χ0v) is 14.4. The molecule has 3 rings (SSSR count). The van der Waals surface area contributed by atoms with E-state index in [0.29, 0.717) is 30.4 Å². The van der Waals surface area contributed by atoms with Gasteiger partial charge in [-0.05, 0) is 30.7 Å². The highest BCUT2D eigenvalue weighted by atomic mass is 19.2. The van der Waals surface area contributed by atoms with Crippen LogP contribution in [0.15, 0.2) is 36.5 Å². The summed E-state index contributed by atoms with van der Waals surface area (Å²) in [5.74, 6) is -1.29. The molecule has 25 heavy (non-hydrogen) atoms. The van der Waals surface area contributed by atoms with Crippen LogP contribution in [0, 0.1) is 17.6 Å². The minimum atomic E-state index is -0.878. The van der Waals surface area contributed by atoms with E-state index < -0.39 is 17.9 Å². The molecule has 1 aromatic carbocycles. The Morgan fingerprint density at radius 2 is 1.84 bits per heavy atom. The zero-order chi connectivity index (χ0) is 17.6. The summed E-state index contributed by atoms with van der Waals surface area (Å²) in [4.78, 5) is 4.33. The molecule has 5 heteroatoms. The van der Waals surface area contributed by atoms with Gasteiger partial charge in [-0.1, -0.05) is 32.3 Å². The first-order valence-electron chi connectivity index (χ1n) is 8.82. The van der Waals surface area contributed by atoms with Crippen molar-refractivity contribution in [2.24, 2.45) is 5.92 Å². The lowest BCUT2D eigenvalue weighted by Gasteiger charge is -2.29. The van der Waals surface area contributed by atoms with Gasteiger partial charge in [0, 0.05) is 23.2 Å². The first-order valence-corrected chi connectivity index (χ1v) is 8.82. The van der Waals surface area contributed by atoms with E-state index in [1.54, 1.807) is 12.3 Å². The fraction of sp³-hybridized carbons (Fsp3) is 0.450. The molecule has 134 valence electrons. The molecule has 2 aromatic rings. The largest absolute Gasteiger partial charge is 0.348 e. The van der Waals surface area contributed by atoms with Crippen LogP contribution >= 0.6 is 0 Å². The van der Waals surface area contributed by atoms with E-state index in [1.165, 1.54) is 25.3 Å². The van der Waals surface area contributed by atoms with Gasteiger partial charge in [-0.25, -0.2) is 8.78 Å². The Balaban J connectivity index is 1.59. The van der Waals surface area contributed by atoms with Crippen molar-refractivity contribution in [3.63, 3.8) is 0 Å². The molecule has 0 aliphatic carbocycles. The van der Waals surface area contributed by atoms with Crippen molar-refractivity contribution in [1.29, 1.82) is 0 Å². The van der Waals surface area contributed by atoms with Gasteiger partial charge in [0.1, 0.15) is 0 Å². The van der Waals surface area contributed by atoms with Crippen molar-refractivity contribution in [3.05, 3.63) is 53.7 Å². The summed E-state index contributed by atoms with van der Waals surface area (Å²) in [5, 5.41) is 0. The number of unbranched alkanes of at least 4 members (excludes halogenated alkanes) is 2. The average molecular weight is 347 g/mol. The summed E-state index contributed by atoms with van der Waals surface area (Å²) in [6.45, 7) is 3.58. The first-order chi connectivity index (χ1) is 12.2. The summed E-state index contributed by atoms with van der Waals surface area (Å²) in [5.41, 5.74) is 1.95. The number of halogens is 2. The second-order valence-corrected chi connectivity index (χ2v) is 6.47. The summed E-state index contributed by atoms with van der Waals surface area (Å²) in [7, 11) is 0. The van der Waals surface area contributed by atoms with Crippen molar-refractivity contribution in [1.82, 2.24) is 4.98 Å². The predicted molar refractivity (Wildman–Crippen MR) is 91.9 cm³/mol. The molecule has 0 N–H and O–H groups in total. The Bertz CT molecular complexity index is 683. The highest BCUT2D eigenvalue weighted by Crippen LogP contribution is 2.28. The lowest BCUT2D eigenvalue weighted by Crippen LogP contribution is -2.27. The Morgan fingerprint density at radius 3 is 2.48 bits per heavy atom. The maximum atomic E-state index is 13.3. The Hall–Kier alpha value is -1.85. The molecule has 3 nitrogen and oxygen atoms in total. The van der Waals surface area contributed by atoms with Crippen LogP contribution in [0.3, 0.4) is 0 Å². The van der Waals surface area contributed by atoms with Crippen LogP contribution in [0.25, 0.3) is 11.3 Å². The number of pyridine rings is 1. The minimum Gasteiger partial charge on any atom is -0.348 e. The van der Waals surface area contributed by atoms with Crippen molar-refractivity contribution < 1.29 is 18.3 Å². The second kappa shape index (κ2) is 8.50. The maximum Gasteiger partial charge on any atom is 0.185 e. The van der Waals surface area contributed by atoms with Gasteiger partial charge in [-0.15, -0.1) is 0 Å². The molecule has 0 saturated carbocycles. The monoisotopic (exact) mass is 347 g/mol. The quantitative estimate of drug-likeness (QED) is 0.667. The topological polar surface area (TPSA) is 31.4 Å². The molecule has 1 fully saturated rings. The predicted octanol–water partition coefficient (Wildman–Crippen LogP) is 5.27. The average Bonchev–Trinajstić information content (AvgIpc) is 2.65. The lowest BCUT2D eigenvalue weighted by molar-refractivity contribution is -0.206. The summed E-state index contributed by atoms with van der Waals surface area (Å²) >= 11 is 0. The van der Waals surface area contributed by atoms with E-state index in [4.69, 9.17) is 9.47 Å². The van der Waals surface area contributed by atoms with Crippen LogP contribution in [0.5, 0.6) is 0 Å². The number of ether oxygens (including phenoxy) is 2. The Morgan fingerprint density at radius 1 is 1.04 bits per heavy atom. The van der Waals surface area contributed by atoms with Gasteiger partial charge in [0.15, 0.2) is 17.9 Å². The third-order valence-electron chi connectivity index (χ3n) is 4.46. The summed E-state index contributed by atoms with van der Waals surface area (Å²) in [6, 6.07) is 7.38. The molecule has 0 amide bonds. The van der Waals surface area contributed by atoms with Crippen LogP contribution < -0.4 is 0 Å². The standard InChI is InChI=1S/C20H23F2NO2/c1-2-3-4-5-14-12-24-20(25-13-14)16-7-9-19(23-11-16)15-6-8-17(21)18(22)10-15/h6-11,14,20H,2-5,12-13H2,1H3. The van der Waals surface area contributed by atoms with E-state index in [0.717, 1.165) is 24.1 Å². The zero-order valence-electron chi connectivity index (χ0n) is 14.4. The molecule has 0 radical (unpaired) electrons. The third kappa shape index (κ3) is 4.61. The molecule has 1 aliphatic heterocycles. The molecule has 1 saturated heterocycles. The van der Waals surface area contributed by atoms with Gasteiger partial charge in [-0.2, -0.15) is 0 Å². The van der Waals surface area contributed by atoms with Crippen LogP contribution in [0.1, 0.15) is 44.5 Å². The molecular weight excluding hydrogens is 324 g/mol. The fourth-order valence-electron chi connectivity index (χ4n) is 2.96. The molecule has 1 aliphatic rings. The number of hydrogen-bond donors (Lipinski definition) is 0. The summed E-state index contributed by atoms with van der Waals surface area (Å²) < 4.78 is 38.0. The van der Waals surface area contributed by atoms with E-state index >= 15 is 0 Å². The van der Waals surface area contributed by atoms with Gasteiger partial charge in [-0.3, -0.25) is 4.98 Å². The van der Waals surface area contributed by atoms with Gasteiger partial charge >= 0.3 is 0 Å². The van der Waals surface area contributed by atoms with Crippen molar-refractivity contribution in [2.45, 2.75) is 38.9 Å². The highest BCUT2D eigenvalue weighted by molar-refractivity contribution is 5.59. The van der Waals surface area contributed by atoms with Crippen molar-refractivity contribution in [2.75, 3.05) is 13.2 Å². The van der Waals surface area contributed by atoms with E-state index in [-0.39, 0.29) is 0 Å². The first kappa shape index (κ1) is 18.0. The van der Waals surface area contributed by atoms with Crippen LogP contribution in [0.4, 0.5) is 8.78 Å². The van der Waals surface area contributed by atoms with Gasteiger partial charge in [0.25, 0.3) is 0 Å². The molecule has 1 aromatic heterocycles. The maximum absolute atomic E-state index is 13.3. The molecular formula is C20H23F2NO2. The smallest absolute Gasteiger partial charge is 0.185 e.